The van der Waals surface area contributed by atoms with Crippen molar-refractivity contribution in [3.63, 3.8) is 0 Å². The first kappa shape index (κ1) is 14.4. The van der Waals surface area contributed by atoms with Gasteiger partial charge in [0, 0.05) is 16.5 Å². The molecule has 2 nitrogen and oxygen atoms in total. The topological polar surface area (TPSA) is 35.8 Å². The molecule has 0 heterocycles. The molecule has 4 heteroatoms. The zero-order valence-corrected chi connectivity index (χ0v) is 11.7. The van der Waals surface area contributed by atoms with Crippen molar-refractivity contribution >= 4 is 23.4 Å². The molecule has 0 saturated heterocycles. The molecule has 17 heavy (non-hydrogen) atoms. The van der Waals surface area contributed by atoms with Crippen molar-refractivity contribution in [2.75, 3.05) is 12.3 Å². The molecule has 1 N–H and O–H groups in total. The molecule has 92 valence electrons. The highest BCUT2D eigenvalue weighted by molar-refractivity contribution is 7.98. The molecule has 0 saturated carbocycles. The fourth-order valence-electron chi connectivity index (χ4n) is 1.49. The number of nitrogens with one attached hydrogen (secondary N) is 1. The van der Waals surface area contributed by atoms with Crippen LogP contribution in [0.3, 0.4) is 0 Å². The van der Waals surface area contributed by atoms with Crippen LogP contribution in [0.5, 0.6) is 0 Å². The zero-order valence-electron chi connectivity index (χ0n) is 10.2. The Morgan fingerprint density at radius 1 is 1.47 bits per heavy atom. The number of nitrogens with zero attached hydrogens (tertiary/aromatic N) is 1. The molecule has 0 aliphatic rings. The lowest BCUT2D eigenvalue weighted by molar-refractivity contribution is 0.511. The third-order valence-electron chi connectivity index (χ3n) is 2.42. The molecule has 0 spiro atoms. The third kappa shape index (κ3) is 4.59. The fourth-order valence-corrected chi connectivity index (χ4v) is 2.92. The summed E-state index contributed by atoms with van der Waals surface area (Å²) >= 11 is 7.80. The summed E-state index contributed by atoms with van der Waals surface area (Å²) in [7, 11) is 0. The van der Waals surface area contributed by atoms with Crippen LogP contribution in [0.2, 0.25) is 5.02 Å². The summed E-state index contributed by atoms with van der Waals surface area (Å²) in [4.78, 5) is 0. The maximum atomic E-state index is 9.12. The van der Waals surface area contributed by atoms with Gasteiger partial charge in [0.05, 0.1) is 6.07 Å². The lowest BCUT2D eigenvalue weighted by Crippen LogP contribution is -2.43. The third-order valence-corrected chi connectivity index (χ3v) is 4.09. The van der Waals surface area contributed by atoms with Gasteiger partial charge in [-0.2, -0.15) is 17.0 Å². The summed E-state index contributed by atoms with van der Waals surface area (Å²) in [5.41, 5.74) is 0.664. The molecule has 0 amide bonds. The SMILES string of the molecule is CCNC(C)(C#N)CSCc1ccccc1Cl. The Bertz CT molecular complexity index is 403. The number of thioether (sulfide) groups is 1. The number of nitriles is 1. The molecule has 1 atom stereocenters. The van der Waals surface area contributed by atoms with Gasteiger partial charge in [-0.15, -0.1) is 0 Å². The molecule has 0 aromatic heterocycles. The second-order valence-electron chi connectivity index (χ2n) is 4.06. The standard InChI is InChI=1S/C13H17ClN2S/c1-3-16-13(2,9-15)10-17-8-11-6-4-5-7-12(11)14/h4-7,16H,3,8,10H2,1-2H3. The second-order valence-corrected chi connectivity index (χ2v) is 5.45. The first-order chi connectivity index (χ1) is 8.11. The molecule has 0 radical (unpaired) electrons. The lowest BCUT2D eigenvalue weighted by atomic mass is 10.1. The van der Waals surface area contributed by atoms with Crippen LogP contribution in [-0.2, 0) is 5.75 Å². The van der Waals surface area contributed by atoms with E-state index in [0.29, 0.717) is 0 Å². The van der Waals surface area contributed by atoms with E-state index in [0.717, 1.165) is 28.6 Å². The highest BCUT2D eigenvalue weighted by Crippen LogP contribution is 2.23. The Kier molecular flexibility index (Phi) is 5.84. The van der Waals surface area contributed by atoms with Crippen LogP contribution in [-0.4, -0.2) is 17.8 Å². The molecule has 1 aromatic carbocycles. The Balaban J connectivity index is 2.48. The Labute approximate surface area is 112 Å². The molecule has 0 bridgehead atoms. The molecular weight excluding hydrogens is 252 g/mol. The molecule has 1 unspecified atom stereocenters. The summed E-state index contributed by atoms with van der Waals surface area (Å²) < 4.78 is 0. The van der Waals surface area contributed by atoms with Crippen LogP contribution in [0.25, 0.3) is 0 Å². The predicted molar refractivity (Wildman–Crippen MR) is 75.3 cm³/mol. The Hall–Kier alpha value is -0.690. The summed E-state index contributed by atoms with van der Waals surface area (Å²) in [6.45, 7) is 4.74. The van der Waals surface area contributed by atoms with Crippen LogP contribution in [0.15, 0.2) is 24.3 Å². The lowest BCUT2D eigenvalue weighted by Gasteiger charge is -2.21. The van der Waals surface area contributed by atoms with E-state index in [1.54, 1.807) is 11.8 Å². The van der Waals surface area contributed by atoms with Crippen molar-refractivity contribution < 1.29 is 0 Å². The van der Waals surface area contributed by atoms with Gasteiger partial charge in [0.2, 0.25) is 0 Å². The number of rotatable bonds is 6. The van der Waals surface area contributed by atoms with Gasteiger partial charge >= 0.3 is 0 Å². The van der Waals surface area contributed by atoms with Crippen molar-refractivity contribution in [2.24, 2.45) is 0 Å². The molecule has 1 aromatic rings. The van der Waals surface area contributed by atoms with Crippen LogP contribution in [0, 0.1) is 11.3 Å². The number of benzene rings is 1. The van der Waals surface area contributed by atoms with Crippen molar-refractivity contribution in [1.29, 1.82) is 5.26 Å². The molecule has 0 fully saturated rings. The van der Waals surface area contributed by atoms with E-state index in [4.69, 9.17) is 16.9 Å². The van der Waals surface area contributed by atoms with E-state index in [-0.39, 0.29) is 0 Å². The average Bonchev–Trinajstić information content (AvgIpc) is 2.32. The van der Waals surface area contributed by atoms with Crippen molar-refractivity contribution in [1.82, 2.24) is 5.32 Å². The van der Waals surface area contributed by atoms with Crippen LogP contribution in [0.1, 0.15) is 19.4 Å². The molecular formula is C13H17ClN2S. The zero-order chi connectivity index (χ0) is 12.7. The van der Waals surface area contributed by atoms with Crippen LogP contribution in [0.4, 0.5) is 0 Å². The van der Waals surface area contributed by atoms with E-state index < -0.39 is 5.54 Å². The van der Waals surface area contributed by atoms with Gasteiger partial charge in [-0.3, -0.25) is 5.32 Å². The van der Waals surface area contributed by atoms with E-state index in [1.165, 1.54) is 0 Å². The quantitative estimate of drug-likeness (QED) is 0.858. The van der Waals surface area contributed by atoms with E-state index in [2.05, 4.69) is 11.4 Å². The van der Waals surface area contributed by atoms with Crippen LogP contribution < -0.4 is 5.32 Å². The maximum absolute atomic E-state index is 9.12. The van der Waals surface area contributed by atoms with E-state index in [9.17, 15) is 0 Å². The van der Waals surface area contributed by atoms with Crippen molar-refractivity contribution in [2.45, 2.75) is 25.1 Å². The van der Waals surface area contributed by atoms with Crippen molar-refractivity contribution in [3.05, 3.63) is 34.9 Å². The summed E-state index contributed by atoms with van der Waals surface area (Å²) in [6.07, 6.45) is 0. The number of hydrogen-bond donors (Lipinski definition) is 1. The van der Waals surface area contributed by atoms with Gasteiger partial charge in [-0.05, 0) is 25.1 Å². The monoisotopic (exact) mass is 268 g/mol. The number of halogens is 1. The van der Waals surface area contributed by atoms with Gasteiger partial charge in [0.15, 0.2) is 0 Å². The van der Waals surface area contributed by atoms with Gasteiger partial charge in [0.1, 0.15) is 5.54 Å². The minimum atomic E-state index is -0.458. The minimum absolute atomic E-state index is 0.458. The summed E-state index contributed by atoms with van der Waals surface area (Å²) in [6, 6.07) is 10.1. The van der Waals surface area contributed by atoms with Gasteiger partial charge < -0.3 is 0 Å². The van der Waals surface area contributed by atoms with Gasteiger partial charge in [-0.25, -0.2) is 0 Å². The first-order valence-electron chi connectivity index (χ1n) is 5.59. The minimum Gasteiger partial charge on any atom is -0.299 e. The summed E-state index contributed by atoms with van der Waals surface area (Å²) in [5, 5.41) is 13.1. The maximum Gasteiger partial charge on any atom is 0.113 e. The normalized spacial score (nSPS) is 14.0. The largest absolute Gasteiger partial charge is 0.299 e. The van der Waals surface area contributed by atoms with E-state index in [1.807, 2.05) is 38.1 Å². The average molecular weight is 269 g/mol. The molecule has 1 rings (SSSR count). The van der Waals surface area contributed by atoms with Crippen molar-refractivity contribution in [3.8, 4) is 6.07 Å². The molecule has 0 aliphatic carbocycles. The van der Waals surface area contributed by atoms with E-state index >= 15 is 0 Å². The highest BCUT2D eigenvalue weighted by Gasteiger charge is 2.21. The van der Waals surface area contributed by atoms with Gasteiger partial charge in [-0.1, -0.05) is 36.7 Å². The Morgan fingerprint density at radius 2 is 2.18 bits per heavy atom. The smallest absolute Gasteiger partial charge is 0.113 e. The number of hydrogen-bond acceptors (Lipinski definition) is 3. The van der Waals surface area contributed by atoms with Gasteiger partial charge in [0.25, 0.3) is 0 Å². The molecule has 0 aliphatic heterocycles. The predicted octanol–water partition coefficient (Wildman–Crippen LogP) is 3.46. The Morgan fingerprint density at radius 3 is 2.76 bits per heavy atom. The first-order valence-corrected chi connectivity index (χ1v) is 7.12. The highest BCUT2D eigenvalue weighted by atomic mass is 35.5. The van der Waals surface area contributed by atoms with Crippen LogP contribution >= 0.6 is 23.4 Å². The second kappa shape index (κ2) is 6.90. The fraction of sp³-hybridized carbons (Fsp3) is 0.462. The summed E-state index contributed by atoms with van der Waals surface area (Å²) in [5.74, 6) is 1.59.